The number of carbonyl (C=O) groups is 2. The van der Waals surface area contributed by atoms with Crippen LogP contribution in [0.3, 0.4) is 0 Å². The second-order valence-electron chi connectivity index (χ2n) is 9.76. The van der Waals surface area contributed by atoms with Crippen molar-refractivity contribution in [2.45, 2.75) is 71.4 Å². The van der Waals surface area contributed by atoms with Crippen LogP contribution in [-0.4, -0.2) is 54.4 Å². The Morgan fingerprint density at radius 1 is 1.19 bits per heavy atom. The summed E-state index contributed by atoms with van der Waals surface area (Å²) in [5.74, 6) is 1.87. The number of nitrogens with zero attached hydrogens (tertiary/aromatic N) is 1. The number of hydrogen-bond donors (Lipinski definition) is 2. The number of ether oxygens (including phenoxy) is 2. The zero-order valence-corrected chi connectivity index (χ0v) is 19.8. The molecule has 2 N–H and O–H groups in total. The van der Waals surface area contributed by atoms with E-state index in [4.69, 9.17) is 9.47 Å². The Balaban J connectivity index is 1.45. The molecule has 1 aliphatic heterocycles. The summed E-state index contributed by atoms with van der Waals surface area (Å²) in [6.07, 6.45) is 4.72. The Labute approximate surface area is 191 Å². The van der Waals surface area contributed by atoms with Crippen LogP contribution in [0.25, 0.3) is 0 Å². The van der Waals surface area contributed by atoms with Crippen molar-refractivity contribution >= 4 is 12.0 Å². The number of phenols is 1. The van der Waals surface area contributed by atoms with Gasteiger partial charge in [0.1, 0.15) is 6.10 Å². The van der Waals surface area contributed by atoms with E-state index in [9.17, 15) is 14.7 Å². The SMILES string of the molecule is COc1cc(CC(=O)NC2CCN(C(=O)O[C@@H]3C[C@H](C)CC[C@H]3C(C)C)CC2)ccc1O. The predicted octanol–water partition coefficient (Wildman–Crippen LogP) is 4.12. The molecule has 3 atom stereocenters. The molecule has 1 saturated carbocycles. The molecule has 0 bridgehead atoms. The lowest BCUT2D eigenvalue weighted by Gasteiger charge is -2.39. The molecule has 1 aromatic rings. The van der Waals surface area contributed by atoms with Gasteiger partial charge in [-0.15, -0.1) is 0 Å². The first-order chi connectivity index (χ1) is 15.3. The van der Waals surface area contributed by atoms with Crippen molar-refractivity contribution < 1.29 is 24.2 Å². The predicted molar refractivity (Wildman–Crippen MR) is 123 cm³/mol. The van der Waals surface area contributed by atoms with E-state index >= 15 is 0 Å². The molecule has 1 heterocycles. The van der Waals surface area contributed by atoms with Gasteiger partial charge in [-0.3, -0.25) is 4.79 Å². The van der Waals surface area contributed by atoms with E-state index in [1.807, 2.05) is 0 Å². The summed E-state index contributed by atoms with van der Waals surface area (Å²) in [6, 6.07) is 4.96. The molecule has 0 radical (unpaired) electrons. The molecular weight excluding hydrogens is 408 g/mol. The van der Waals surface area contributed by atoms with Crippen molar-refractivity contribution in [3.05, 3.63) is 23.8 Å². The normalized spacial score (nSPS) is 24.3. The number of piperidine rings is 1. The minimum atomic E-state index is -0.212. The van der Waals surface area contributed by atoms with Crippen molar-refractivity contribution in [3.63, 3.8) is 0 Å². The Kier molecular flexibility index (Phi) is 8.26. The number of hydrogen-bond acceptors (Lipinski definition) is 5. The number of methoxy groups -OCH3 is 1. The highest BCUT2D eigenvalue weighted by Gasteiger charge is 2.35. The first-order valence-electron chi connectivity index (χ1n) is 11.9. The van der Waals surface area contributed by atoms with Gasteiger partial charge in [0.05, 0.1) is 13.5 Å². The quantitative estimate of drug-likeness (QED) is 0.686. The summed E-state index contributed by atoms with van der Waals surface area (Å²) in [7, 11) is 1.48. The molecule has 1 aliphatic carbocycles. The number of carbonyl (C=O) groups excluding carboxylic acids is 2. The Hall–Kier alpha value is -2.44. The fourth-order valence-electron chi connectivity index (χ4n) is 4.96. The zero-order valence-electron chi connectivity index (χ0n) is 19.8. The van der Waals surface area contributed by atoms with Gasteiger partial charge in [-0.25, -0.2) is 4.79 Å². The largest absolute Gasteiger partial charge is 0.504 e. The molecule has 1 aromatic carbocycles. The molecule has 2 fully saturated rings. The van der Waals surface area contributed by atoms with E-state index in [1.165, 1.54) is 19.6 Å². The van der Waals surface area contributed by atoms with E-state index in [0.717, 1.165) is 18.4 Å². The maximum atomic E-state index is 12.8. The first kappa shape index (κ1) is 24.2. The second kappa shape index (κ2) is 10.9. The first-order valence-corrected chi connectivity index (χ1v) is 11.9. The van der Waals surface area contributed by atoms with Gasteiger partial charge in [-0.05, 0) is 61.1 Å². The minimum Gasteiger partial charge on any atom is -0.504 e. The Bertz CT molecular complexity index is 789. The van der Waals surface area contributed by atoms with Gasteiger partial charge in [0, 0.05) is 19.1 Å². The maximum absolute atomic E-state index is 12.8. The molecule has 178 valence electrons. The number of amides is 2. The lowest BCUT2D eigenvalue weighted by molar-refractivity contribution is -0.121. The summed E-state index contributed by atoms with van der Waals surface area (Å²) in [5.41, 5.74) is 0.777. The van der Waals surface area contributed by atoms with Crippen LogP contribution in [0.5, 0.6) is 11.5 Å². The number of benzene rings is 1. The second-order valence-corrected chi connectivity index (χ2v) is 9.76. The summed E-state index contributed by atoms with van der Waals surface area (Å²) >= 11 is 0. The molecule has 3 rings (SSSR count). The summed E-state index contributed by atoms with van der Waals surface area (Å²) in [5, 5.41) is 12.8. The van der Waals surface area contributed by atoms with Crippen LogP contribution in [0.4, 0.5) is 4.79 Å². The van der Waals surface area contributed by atoms with Crippen molar-refractivity contribution in [2.75, 3.05) is 20.2 Å². The van der Waals surface area contributed by atoms with E-state index in [1.54, 1.807) is 17.0 Å². The highest BCUT2D eigenvalue weighted by atomic mass is 16.6. The molecule has 32 heavy (non-hydrogen) atoms. The fraction of sp³-hybridized carbons (Fsp3) is 0.680. The molecule has 7 nitrogen and oxygen atoms in total. The lowest BCUT2D eigenvalue weighted by atomic mass is 9.75. The van der Waals surface area contributed by atoms with Crippen LogP contribution in [0.2, 0.25) is 0 Å². The lowest BCUT2D eigenvalue weighted by Crippen LogP contribution is -2.48. The van der Waals surface area contributed by atoms with Gasteiger partial charge in [-0.1, -0.05) is 33.3 Å². The summed E-state index contributed by atoms with van der Waals surface area (Å²) in [4.78, 5) is 27.0. The molecule has 0 spiro atoms. The molecule has 0 aromatic heterocycles. The summed E-state index contributed by atoms with van der Waals surface area (Å²) < 4.78 is 11.1. The van der Waals surface area contributed by atoms with Crippen molar-refractivity contribution in [1.82, 2.24) is 10.2 Å². The number of aromatic hydroxyl groups is 1. The van der Waals surface area contributed by atoms with Gasteiger partial charge in [-0.2, -0.15) is 0 Å². The van der Waals surface area contributed by atoms with Crippen LogP contribution >= 0.6 is 0 Å². The highest BCUT2D eigenvalue weighted by molar-refractivity contribution is 5.79. The third-order valence-corrected chi connectivity index (χ3v) is 6.94. The van der Waals surface area contributed by atoms with Gasteiger partial charge in [0.15, 0.2) is 11.5 Å². The molecular formula is C25H38N2O5. The van der Waals surface area contributed by atoms with Crippen molar-refractivity contribution in [3.8, 4) is 11.5 Å². The molecule has 1 saturated heterocycles. The average molecular weight is 447 g/mol. The maximum Gasteiger partial charge on any atom is 0.410 e. The van der Waals surface area contributed by atoms with Crippen molar-refractivity contribution in [2.24, 2.45) is 17.8 Å². The Morgan fingerprint density at radius 2 is 1.91 bits per heavy atom. The molecule has 2 amide bonds. The zero-order chi connectivity index (χ0) is 23.3. The minimum absolute atomic E-state index is 0.00553. The standard InChI is InChI=1S/C25H38N2O5/c1-16(2)20-7-5-17(3)13-22(20)32-25(30)27-11-9-19(10-12-27)26-24(29)15-18-6-8-21(28)23(14-18)31-4/h6,8,14,16-17,19-20,22,28H,5,7,9-13,15H2,1-4H3,(H,26,29)/t17-,20+,22-/m1/s1. The van der Waals surface area contributed by atoms with Gasteiger partial charge >= 0.3 is 6.09 Å². The van der Waals surface area contributed by atoms with Crippen LogP contribution in [-0.2, 0) is 16.0 Å². The van der Waals surface area contributed by atoms with Crippen LogP contribution in [0.1, 0.15) is 58.4 Å². The van der Waals surface area contributed by atoms with Gasteiger partial charge in [0.2, 0.25) is 5.91 Å². The third kappa shape index (κ3) is 6.30. The van der Waals surface area contributed by atoms with E-state index in [2.05, 4.69) is 26.1 Å². The summed E-state index contributed by atoms with van der Waals surface area (Å²) in [6.45, 7) is 7.84. The highest BCUT2D eigenvalue weighted by Crippen LogP contribution is 2.35. The van der Waals surface area contributed by atoms with Gasteiger partial charge in [0.25, 0.3) is 0 Å². The number of nitrogens with one attached hydrogen (secondary N) is 1. The van der Waals surface area contributed by atoms with E-state index in [0.29, 0.717) is 49.4 Å². The number of rotatable bonds is 6. The van der Waals surface area contributed by atoms with Crippen LogP contribution < -0.4 is 10.1 Å². The topological polar surface area (TPSA) is 88.1 Å². The number of likely N-dealkylation sites (tertiary alicyclic amines) is 1. The van der Waals surface area contributed by atoms with Crippen molar-refractivity contribution in [1.29, 1.82) is 0 Å². The monoisotopic (exact) mass is 446 g/mol. The molecule has 2 aliphatic rings. The Morgan fingerprint density at radius 3 is 2.56 bits per heavy atom. The third-order valence-electron chi connectivity index (χ3n) is 6.94. The van der Waals surface area contributed by atoms with Gasteiger partial charge < -0.3 is 24.8 Å². The van der Waals surface area contributed by atoms with E-state index in [-0.39, 0.29) is 36.3 Å². The van der Waals surface area contributed by atoms with E-state index < -0.39 is 0 Å². The van der Waals surface area contributed by atoms with Crippen LogP contribution in [0.15, 0.2) is 18.2 Å². The smallest absolute Gasteiger partial charge is 0.410 e. The molecule has 7 heteroatoms. The average Bonchev–Trinajstić information content (AvgIpc) is 2.75. The molecule has 0 unspecified atom stereocenters. The van der Waals surface area contributed by atoms with Crippen LogP contribution in [0, 0.1) is 17.8 Å². The fourth-order valence-corrected chi connectivity index (χ4v) is 4.96. The number of phenolic OH excluding ortho intramolecular Hbond substituents is 1.